The van der Waals surface area contributed by atoms with E-state index in [9.17, 15) is 0 Å². The molecule has 0 saturated heterocycles. The zero-order valence-corrected chi connectivity index (χ0v) is 4.09. The second kappa shape index (κ2) is 3.58. The summed E-state index contributed by atoms with van der Waals surface area (Å²) in [7, 11) is 0. The second-order valence-corrected chi connectivity index (χ2v) is 1.15. The molecule has 0 spiro atoms. The number of hydrogen-bond acceptors (Lipinski definition) is 4. The van der Waals surface area contributed by atoms with Gasteiger partial charge in [0, 0.05) is 0 Å². The van der Waals surface area contributed by atoms with Crippen LogP contribution < -0.4 is 5.90 Å². The Hall–Kier alpha value is -0.610. The van der Waals surface area contributed by atoms with Crippen LogP contribution in [0.2, 0.25) is 0 Å². The molecule has 0 aliphatic heterocycles. The molecule has 7 heavy (non-hydrogen) atoms. The molecule has 0 unspecified atom stereocenters. The summed E-state index contributed by atoms with van der Waals surface area (Å²) in [4.78, 5) is 4.10. The van der Waals surface area contributed by atoms with Crippen LogP contribution in [0.3, 0.4) is 0 Å². The highest BCUT2D eigenvalue weighted by molar-refractivity contribution is 5.82. The van der Waals surface area contributed by atoms with Crippen molar-refractivity contribution >= 4 is 5.71 Å². The smallest absolute Gasteiger partial charge is 0.109 e. The molecule has 0 aromatic rings. The minimum atomic E-state index is 0.177. The maximum Gasteiger partial charge on any atom is 0.109 e. The molecule has 0 atom stereocenters. The van der Waals surface area contributed by atoms with Gasteiger partial charge in [-0.3, -0.25) is 4.84 Å². The largest absolute Gasteiger partial charge is 0.411 e. The summed E-state index contributed by atoms with van der Waals surface area (Å²) in [5.74, 6) is 4.61. The molecule has 0 bridgehead atoms. The number of nitrogens with two attached hydrogens (primary N) is 1. The van der Waals surface area contributed by atoms with E-state index in [0.717, 1.165) is 0 Å². The van der Waals surface area contributed by atoms with Crippen LogP contribution in [-0.4, -0.2) is 17.5 Å². The monoisotopic (exact) mass is 104 g/mol. The van der Waals surface area contributed by atoms with Crippen molar-refractivity contribution in [3.05, 3.63) is 0 Å². The van der Waals surface area contributed by atoms with Gasteiger partial charge >= 0.3 is 0 Å². The van der Waals surface area contributed by atoms with Gasteiger partial charge in [-0.05, 0) is 6.92 Å². The Balaban J connectivity index is 3.17. The van der Waals surface area contributed by atoms with Crippen LogP contribution in [0.15, 0.2) is 5.16 Å². The lowest BCUT2D eigenvalue weighted by atomic mass is 10.5. The SMILES string of the molecule is C/C(CON)=N\O. The fourth-order valence-corrected chi connectivity index (χ4v) is 0.149. The van der Waals surface area contributed by atoms with Crippen LogP contribution in [0, 0.1) is 0 Å². The summed E-state index contributed by atoms with van der Waals surface area (Å²) in [6.07, 6.45) is 0. The van der Waals surface area contributed by atoms with E-state index in [-0.39, 0.29) is 6.61 Å². The number of rotatable bonds is 2. The fourth-order valence-electron chi connectivity index (χ4n) is 0.149. The average Bonchev–Trinajstić information content (AvgIpc) is 1.68. The molecular weight excluding hydrogens is 96.0 g/mol. The van der Waals surface area contributed by atoms with Gasteiger partial charge in [-0.25, -0.2) is 5.90 Å². The van der Waals surface area contributed by atoms with Crippen molar-refractivity contribution in [2.24, 2.45) is 11.1 Å². The third-order valence-corrected chi connectivity index (χ3v) is 0.463. The molecule has 4 heteroatoms. The normalized spacial score (nSPS) is 12.0. The Morgan fingerprint density at radius 2 is 2.57 bits per heavy atom. The van der Waals surface area contributed by atoms with Gasteiger partial charge in [-0.2, -0.15) is 0 Å². The molecule has 0 fully saturated rings. The highest BCUT2D eigenvalue weighted by atomic mass is 16.6. The van der Waals surface area contributed by atoms with Gasteiger partial charge in [0.2, 0.25) is 0 Å². The summed E-state index contributed by atoms with van der Waals surface area (Å²) in [6.45, 7) is 1.78. The van der Waals surface area contributed by atoms with Crippen LogP contribution in [0.5, 0.6) is 0 Å². The summed E-state index contributed by atoms with van der Waals surface area (Å²) in [6, 6.07) is 0. The van der Waals surface area contributed by atoms with Gasteiger partial charge in [0.15, 0.2) is 0 Å². The highest BCUT2D eigenvalue weighted by Gasteiger charge is 1.84. The summed E-state index contributed by atoms with van der Waals surface area (Å²) < 4.78 is 0. The van der Waals surface area contributed by atoms with Crippen molar-refractivity contribution in [3.63, 3.8) is 0 Å². The first kappa shape index (κ1) is 6.39. The van der Waals surface area contributed by atoms with E-state index in [4.69, 9.17) is 5.21 Å². The van der Waals surface area contributed by atoms with Crippen LogP contribution in [0.1, 0.15) is 6.92 Å². The lowest BCUT2D eigenvalue weighted by molar-refractivity contribution is 0.174. The van der Waals surface area contributed by atoms with E-state index in [2.05, 4.69) is 15.9 Å². The molecule has 0 aromatic heterocycles. The highest BCUT2D eigenvalue weighted by Crippen LogP contribution is 1.70. The van der Waals surface area contributed by atoms with Crippen molar-refractivity contribution in [1.29, 1.82) is 0 Å². The topological polar surface area (TPSA) is 67.8 Å². The van der Waals surface area contributed by atoms with E-state index in [1.807, 2.05) is 0 Å². The standard InChI is InChI=1S/C3H8N2O2/c1-3(5-6)2-7-4/h6H,2,4H2,1H3/b5-3+. The predicted molar refractivity (Wildman–Crippen MR) is 25.0 cm³/mol. The Bertz CT molecular complexity index is 71.3. The first-order valence-corrected chi connectivity index (χ1v) is 1.80. The zero-order valence-electron chi connectivity index (χ0n) is 4.09. The maximum atomic E-state index is 7.92. The first-order valence-electron chi connectivity index (χ1n) is 1.80. The number of nitrogens with zero attached hydrogens (tertiary/aromatic N) is 1. The molecule has 0 aliphatic carbocycles. The molecule has 42 valence electrons. The van der Waals surface area contributed by atoms with Gasteiger partial charge in [-0.1, -0.05) is 5.16 Å². The Labute approximate surface area is 41.5 Å². The molecular formula is C3H8N2O2. The van der Waals surface area contributed by atoms with Crippen molar-refractivity contribution in [1.82, 2.24) is 0 Å². The average molecular weight is 104 g/mol. The molecule has 3 N–H and O–H groups in total. The van der Waals surface area contributed by atoms with Crippen LogP contribution in [-0.2, 0) is 4.84 Å². The summed E-state index contributed by atoms with van der Waals surface area (Å²) >= 11 is 0. The molecule has 0 amide bonds. The molecule has 0 saturated carbocycles. The van der Waals surface area contributed by atoms with E-state index in [0.29, 0.717) is 5.71 Å². The second-order valence-electron chi connectivity index (χ2n) is 1.15. The van der Waals surface area contributed by atoms with Gasteiger partial charge < -0.3 is 5.21 Å². The van der Waals surface area contributed by atoms with Crippen LogP contribution in [0.4, 0.5) is 0 Å². The molecule has 4 nitrogen and oxygen atoms in total. The molecule has 0 aromatic carbocycles. The number of hydrogen-bond donors (Lipinski definition) is 2. The quantitative estimate of drug-likeness (QED) is 0.288. The molecule has 0 rings (SSSR count). The predicted octanol–water partition coefficient (Wildman–Crippen LogP) is -0.273. The van der Waals surface area contributed by atoms with Crippen molar-refractivity contribution < 1.29 is 10.0 Å². The van der Waals surface area contributed by atoms with Gasteiger partial charge in [0.05, 0.1) is 5.71 Å². The lowest BCUT2D eigenvalue weighted by Gasteiger charge is -1.89. The number of oxime groups is 1. The van der Waals surface area contributed by atoms with Crippen LogP contribution in [0.25, 0.3) is 0 Å². The third-order valence-electron chi connectivity index (χ3n) is 0.463. The molecule has 0 aliphatic rings. The van der Waals surface area contributed by atoms with Gasteiger partial charge in [0.25, 0.3) is 0 Å². The summed E-state index contributed by atoms with van der Waals surface area (Å²) in [5.41, 5.74) is 0.461. The Morgan fingerprint density at radius 3 is 2.71 bits per heavy atom. The Kier molecular flexibility index (Phi) is 3.26. The Morgan fingerprint density at radius 1 is 2.00 bits per heavy atom. The van der Waals surface area contributed by atoms with E-state index in [1.54, 1.807) is 6.92 Å². The van der Waals surface area contributed by atoms with Crippen molar-refractivity contribution in [3.8, 4) is 0 Å². The minimum Gasteiger partial charge on any atom is -0.411 e. The zero-order chi connectivity index (χ0) is 5.70. The first-order chi connectivity index (χ1) is 3.31. The van der Waals surface area contributed by atoms with Gasteiger partial charge in [-0.15, -0.1) is 0 Å². The van der Waals surface area contributed by atoms with E-state index >= 15 is 0 Å². The fraction of sp³-hybridized carbons (Fsp3) is 0.667. The third kappa shape index (κ3) is 3.21. The maximum absolute atomic E-state index is 7.92. The summed E-state index contributed by atoms with van der Waals surface area (Å²) in [5, 5.41) is 10.7. The minimum absolute atomic E-state index is 0.177. The van der Waals surface area contributed by atoms with E-state index < -0.39 is 0 Å². The van der Waals surface area contributed by atoms with Crippen LogP contribution >= 0.6 is 0 Å². The molecule has 0 radical (unpaired) electrons. The van der Waals surface area contributed by atoms with Gasteiger partial charge in [0.1, 0.15) is 6.61 Å². The van der Waals surface area contributed by atoms with Crippen molar-refractivity contribution in [2.75, 3.05) is 6.61 Å². The lowest BCUT2D eigenvalue weighted by Crippen LogP contribution is -2.08. The molecule has 0 heterocycles. The van der Waals surface area contributed by atoms with E-state index in [1.165, 1.54) is 0 Å². The van der Waals surface area contributed by atoms with Crippen molar-refractivity contribution in [2.45, 2.75) is 6.92 Å².